The molecule has 0 bridgehead atoms. The largest absolute Gasteiger partial charge is 0.480 e. The summed E-state index contributed by atoms with van der Waals surface area (Å²) in [5, 5.41) is 0. The number of pyridine rings is 1. The molecule has 0 radical (unpaired) electrons. The topological polar surface area (TPSA) is 51.1 Å². The molecule has 23 heavy (non-hydrogen) atoms. The third-order valence-electron chi connectivity index (χ3n) is 3.34. The maximum absolute atomic E-state index is 13.5. The molecule has 124 valence electrons. The van der Waals surface area contributed by atoms with Gasteiger partial charge in [0.25, 0.3) is 0 Å². The predicted octanol–water partition coefficient (Wildman–Crippen LogP) is 3.41. The third-order valence-corrected chi connectivity index (χ3v) is 3.34. The zero-order chi connectivity index (χ0) is 17.0. The Morgan fingerprint density at radius 1 is 1.09 bits per heavy atom. The Hall–Kier alpha value is -2.38. The van der Waals surface area contributed by atoms with Crippen LogP contribution in [0, 0.1) is 0 Å². The number of nitrogens with zero attached hydrogens (tertiary/aromatic N) is 4. The second-order valence-corrected chi connectivity index (χ2v) is 4.66. The van der Waals surface area contributed by atoms with Gasteiger partial charge in [0.1, 0.15) is 5.82 Å². The van der Waals surface area contributed by atoms with Gasteiger partial charge < -0.3 is 9.64 Å². The molecule has 2 aromatic heterocycles. The number of methoxy groups -OCH3 is 1. The van der Waals surface area contributed by atoms with E-state index in [1.807, 2.05) is 0 Å². The molecule has 0 N–H and O–H groups in total. The molecule has 2 heterocycles. The molecule has 5 nitrogen and oxygen atoms in total. The van der Waals surface area contributed by atoms with E-state index in [9.17, 15) is 13.2 Å². The summed E-state index contributed by atoms with van der Waals surface area (Å²) in [5.74, 6) is -0.499. The van der Waals surface area contributed by atoms with Crippen molar-refractivity contribution >= 4 is 5.82 Å². The molecule has 2 rings (SSSR count). The average Bonchev–Trinajstić information content (AvgIpc) is 2.55. The van der Waals surface area contributed by atoms with E-state index in [1.165, 1.54) is 24.4 Å². The minimum absolute atomic E-state index is 0.166. The van der Waals surface area contributed by atoms with E-state index in [0.717, 1.165) is 0 Å². The fraction of sp³-hybridized carbons (Fsp3) is 0.400. The van der Waals surface area contributed by atoms with Gasteiger partial charge in [-0.2, -0.15) is 18.2 Å². The van der Waals surface area contributed by atoms with Gasteiger partial charge in [-0.25, -0.2) is 4.98 Å². The summed E-state index contributed by atoms with van der Waals surface area (Å²) in [6.45, 7) is 4.31. The molecule has 0 aliphatic carbocycles. The van der Waals surface area contributed by atoms with Crippen LogP contribution in [0.3, 0.4) is 0 Å². The highest BCUT2D eigenvalue weighted by Gasteiger charge is 2.41. The van der Waals surface area contributed by atoms with Crippen LogP contribution >= 0.6 is 0 Å². The van der Waals surface area contributed by atoms with Gasteiger partial charge in [-0.3, -0.25) is 4.98 Å². The van der Waals surface area contributed by atoms with Gasteiger partial charge in [0.2, 0.25) is 5.88 Å². The molecule has 0 aromatic carbocycles. The first-order valence-corrected chi connectivity index (χ1v) is 7.10. The minimum Gasteiger partial charge on any atom is -0.480 e. The monoisotopic (exact) mass is 326 g/mol. The Balaban J connectivity index is 2.73. The van der Waals surface area contributed by atoms with Crippen molar-refractivity contribution in [3.63, 3.8) is 0 Å². The van der Waals surface area contributed by atoms with E-state index < -0.39 is 17.6 Å². The summed E-state index contributed by atoms with van der Waals surface area (Å²) in [4.78, 5) is 13.5. The fourth-order valence-corrected chi connectivity index (χ4v) is 2.21. The number of hydrogen-bond donors (Lipinski definition) is 0. The van der Waals surface area contributed by atoms with Gasteiger partial charge in [0.05, 0.1) is 7.11 Å². The number of hydrogen-bond acceptors (Lipinski definition) is 5. The molecular weight excluding hydrogens is 309 g/mol. The van der Waals surface area contributed by atoms with Crippen molar-refractivity contribution in [2.75, 3.05) is 25.1 Å². The van der Waals surface area contributed by atoms with Gasteiger partial charge in [-0.15, -0.1) is 0 Å². The second kappa shape index (κ2) is 6.80. The van der Waals surface area contributed by atoms with Gasteiger partial charge in [-0.05, 0) is 26.0 Å². The molecule has 0 spiro atoms. The molecule has 0 aliphatic rings. The maximum Gasteiger partial charge on any atom is 0.425 e. The van der Waals surface area contributed by atoms with Crippen LogP contribution in [0.15, 0.2) is 24.5 Å². The molecule has 0 amide bonds. The molecule has 0 unspecified atom stereocenters. The number of ether oxygens (including phenoxy) is 1. The maximum atomic E-state index is 13.5. The lowest BCUT2D eigenvalue weighted by Gasteiger charge is -2.25. The molecule has 0 saturated carbocycles. The summed E-state index contributed by atoms with van der Waals surface area (Å²) in [7, 11) is 1.17. The zero-order valence-corrected chi connectivity index (χ0v) is 13.1. The van der Waals surface area contributed by atoms with Crippen LogP contribution in [0.4, 0.5) is 19.0 Å². The number of rotatable bonds is 5. The molecule has 2 aromatic rings. The Morgan fingerprint density at radius 2 is 1.70 bits per heavy atom. The van der Waals surface area contributed by atoms with Crippen LogP contribution < -0.4 is 9.64 Å². The molecule has 0 saturated heterocycles. The van der Waals surface area contributed by atoms with Crippen molar-refractivity contribution in [1.82, 2.24) is 15.0 Å². The Labute approximate surface area is 132 Å². The van der Waals surface area contributed by atoms with E-state index in [4.69, 9.17) is 4.74 Å². The van der Waals surface area contributed by atoms with Crippen molar-refractivity contribution in [1.29, 1.82) is 0 Å². The lowest BCUT2D eigenvalue weighted by molar-refractivity contribution is -0.138. The summed E-state index contributed by atoms with van der Waals surface area (Å²) in [6.07, 6.45) is -1.56. The van der Waals surface area contributed by atoms with Crippen molar-refractivity contribution in [2.45, 2.75) is 20.0 Å². The summed E-state index contributed by atoms with van der Waals surface area (Å²) in [5.41, 5.74) is -0.387. The smallest absolute Gasteiger partial charge is 0.425 e. The normalized spacial score (nSPS) is 11.4. The van der Waals surface area contributed by atoms with E-state index in [1.54, 1.807) is 26.0 Å². The molecule has 0 fully saturated rings. The van der Waals surface area contributed by atoms with E-state index in [0.29, 0.717) is 18.7 Å². The molecule has 0 aliphatic heterocycles. The van der Waals surface area contributed by atoms with Gasteiger partial charge in [0, 0.05) is 31.0 Å². The highest BCUT2D eigenvalue weighted by molar-refractivity contribution is 5.62. The molecular formula is C15H17F3N4O. The Kier molecular flexibility index (Phi) is 5.02. The molecule has 8 heteroatoms. The van der Waals surface area contributed by atoms with Crippen LogP contribution in [-0.4, -0.2) is 35.2 Å². The van der Waals surface area contributed by atoms with Crippen LogP contribution in [0.1, 0.15) is 19.4 Å². The average molecular weight is 326 g/mol. The van der Waals surface area contributed by atoms with E-state index in [2.05, 4.69) is 15.0 Å². The highest BCUT2D eigenvalue weighted by atomic mass is 19.4. The Morgan fingerprint density at radius 3 is 2.17 bits per heavy atom. The van der Waals surface area contributed by atoms with Crippen LogP contribution in [-0.2, 0) is 6.18 Å². The lowest BCUT2D eigenvalue weighted by Crippen LogP contribution is -2.27. The van der Waals surface area contributed by atoms with Crippen molar-refractivity contribution in [3.8, 4) is 17.3 Å². The number of aromatic nitrogens is 3. The van der Waals surface area contributed by atoms with E-state index in [-0.39, 0.29) is 11.6 Å². The molecule has 0 atom stereocenters. The van der Waals surface area contributed by atoms with Gasteiger partial charge >= 0.3 is 6.18 Å². The second-order valence-electron chi connectivity index (χ2n) is 4.66. The predicted molar refractivity (Wildman–Crippen MR) is 80.4 cm³/mol. The number of halogens is 3. The standard InChI is InChI=1S/C15H17F3N4O/c1-4-22(5-2)13-11(15(16,17)18)14(23-3)21-12(20-13)10-6-8-19-9-7-10/h6-9H,4-5H2,1-3H3. The van der Waals surface area contributed by atoms with Crippen molar-refractivity contribution in [3.05, 3.63) is 30.1 Å². The van der Waals surface area contributed by atoms with Gasteiger partial charge in [-0.1, -0.05) is 0 Å². The zero-order valence-electron chi connectivity index (χ0n) is 13.1. The summed E-state index contributed by atoms with van der Waals surface area (Å²) >= 11 is 0. The fourth-order valence-electron chi connectivity index (χ4n) is 2.21. The highest BCUT2D eigenvalue weighted by Crippen LogP contribution is 2.41. The summed E-state index contributed by atoms with van der Waals surface area (Å²) in [6, 6.07) is 3.27. The SMILES string of the molecule is CCN(CC)c1nc(-c2ccncc2)nc(OC)c1C(F)(F)F. The Bertz CT molecular complexity index is 658. The van der Waals surface area contributed by atoms with Crippen LogP contribution in [0.5, 0.6) is 5.88 Å². The summed E-state index contributed by atoms with van der Waals surface area (Å²) < 4.78 is 45.3. The van der Waals surface area contributed by atoms with Crippen LogP contribution in [0.25, 0.3) is 11.4 Å². The quantitative estimate of drug-likeness (QED) is 0.843. The first-order chi connectivity index (χ1) is 10.9. The van der Waals surface area contributed by atoms with E-state index >= 15 is 0 Å². The van der Waals surface area contributed by atoms with Crippen LogP contribution in [0.2, 0.25) is 0 Å². The van der Waals surface area contributed by atoms with Crippen molar-refractivity contribution in [2.24, 2.45) is 0 Å². The number of alkyl halides is 3. The number of anilines is 1. The third kappa shape index (κ3) is 3.52. The lowest BCUT2D eigenvalue weighted by atomic mass is 10.2. The first-order valence-electron chi connectivity index (χ1n) is 7.10. The van der Waals surface area contributed by atoms with Gasteiger partial charge in [0.15, 0.2) is 11.4 Å². The van der Waals surface area contributed by atoms with Crippen molar-refractivity contribution < 1.29 is 17.9 Å². The first kappa shape index (κ1) is 17.0. The minimum atomic E-state index is -4.61.